The van der Waals surface area contributed by atoms with Crippen LogP contribution in [0.15, 0.2) is 84.6 Å². The van der Waals surface area contributed by atoms with Gasteiger partial charge in [0, 0.05) is 28.4 Å². The second-order valence-electron chi connectivity index (χ2n) is 8.56. The highest BCUT2D eigenvalue weighted by atomic mass is 35.5. The monoisotopic (exact) mass is 528 g/mol. The van der Waals surface area contributed by atoms with E-state index < -0.39 is 11.8 Å². The van der Waals surface area contributed by atoms with Crippen LogP contribution in [-0.4, -0.2) is 27.4 Å². The van der Waals surface area contributed by atoms with Crippen molar-refractivity contribution in [2.75, 3.05) is 10.2 Å². The Morgan fingerprint density at radius 1 is 1.05 bits per heavy atom. The van der Waals surface area contributed by atoms with Gasteiger partial charge in [-0.2, -0.15) is 0 Å². The molecule has 1 aliphatic heterocycles. The SMILES string of the molecule is Cc1cccc(NC(=O)Cn2cc(/C=C3\C(=O)NC(=S)N(c4ccccc4Cl)C3=O)c3ccccc32)c1. The van der Waals surface area contributed by atoms with Crippen molar-refractivity contribution in [1.29, 1.82) is 0 Å². The molecule has 0 saturated carbocycles. The zero-order valence-corrected chi connectivity index (χ0v) is 21.3. The van der Waals surface area contributed by atoms with E-state index in [2.05, 4.69) is 10.6 Å². The number of nitrogens with one attached hydrogen (secondary N) is 2. The molecule has 0 aliphatic carbocycles. The summed E-state index contributed by atoms with van der Waals surface area (Å²) in [4.78, 5) is 40.3. The number of halogens is 1. The molecule has 2 heterocycles. The van der Waals surface area contributed by atoms with E-state index in [9.17, 15) is 14.4 Å². The van der Waals surface area contributed by atoms with Crippen molar-refractivity contribution in [2.24, 2.45) is 0 Å². The van der Waals surface area contributed by atoms with Crippen LogP contribution in [0.3, 0.4) is 0 Å². The molecule has 0 unspecified atom stereocenters. The van der Waals surface area contributed by atoms with Crippen LogP contribution in [-0.2, 0) is 20.9 Å². The Bertz CT molecular complexity index is 1620. The molecule has 7 nitrogen and oxygen atoms in total. The van der Waals surface area contributed by atoms with Gasteiger partial charge in [-0.15, -0.1) is 0 Å². The van der Waals surface area contributed by atoms with E-state index in [-0.39, 0.29) is 23.1 Å². The maximum atomic E-state index is 13.4. The summed E-state index contributed by atoms with van der Waals surface area (Å²) in [5, 5.41) is 6.55. The fourth-order valence-corrected chi connectivity index (χ4v) is 4.76. The van der Waals surface area contributed by atoms with Gasteiger partial charge < -0.3 is 9.88 Å². The molecule has 37 heavy (non-hydrogen) atoms. The first-order valence-electron chi connectivity index (χ1n) is 11.4. The van der Waals surface area contributed by atoms with Crippen molar-refractivity contribution < 1.29 is 14.4 Å². The van der Waals surface area contributed by atoms with Gasteiger partial charge in [-0.3, -0.25) is 24.6 Å². The number of hydrogen-bond acceptors (Lipinski definition) is 4. The van der Waals surface area contributed by atoms with Crippen molar-refractivity contribution in [3.05, 3.63) is 101 Å². The number of fused-ring (bicyclic) bond motifs is 1. The van der Waals surface area contributed by atoms with Crippen LogP contribution in [0, 0.1) is 6.92 Å². The molecular weight excluding hydrogens is 508 g/mol. The lowest BCUT2D eigenvalue weighted by atomic mass is 10.1. The number of para-hydroxylation sites is 2. The van der Waals surface area contributed by atoms with E-state index in [0.717, 1.165) is 16.5 Å². The maximum Gasteiger partial charge on any atom is 0.270 e. The van der Waals surface area contributed by atoms with Gasteiger partial charge in [-0.1, -0.05) is 54.1 Å². The average molecular weight is 529 g/mol. The minimum Gasteiger partial charge on any atom is -0.337 e. The number of aryl methyl sites for hydroxylation is 1. The summed E-state index contributed by atoms with van der Waals surface area (Å²) in [6.45, 7) is 2.00. The first-order valence-corrected chi connectivity index (χ1v) is 12.2. The van der Waals surface area contributed by atoms with Crippen molar-refractivity contribution in [1.82, 2.24) is 9.88 Å². The second kappa shape index (κ2) is 10.0. The molecule has 1 fully saturated rings. The molecule has 5 rings (SSSR count). The Morgan fingerprint density at radius 3 is 2.59 bits per heavy atom. The number of hydrogen-bond donors (Lipinski definition) is 2. The zero-order valence-electron chi connectivity index (χ0n) is 19.7. The third-order valence-electron chi connectivity index (χ3n) is 5.93. The number of nitrogens with zero attached hydrogens (tertiary/aromatic N) is 2. The zero-order chi connectivity index (χ0) is 26.1. The fourth-order valence-electron chi connectivity index (χ4n) is 4.26. The van der Waals surface area contributed by atoms with Crippen LogP contribution in [0.5, 0.6) is 0 Å². The second-order valence-corrected chi connectivity index (χ2v) is 9.35. The number of benzene rings is 3. The largest absolute Gasteiger partial charge is 0.337 e. The predicted molar refractivity (Wildman–Crippen MR) is 149 cm³/mol. The standard InChI is InChI=1S/C28H21ClN4O3S/c1-17-7-6-8-19(13-17)30-25(34)16-32-15-18(20-9-2-4-11-23(20)32)14-21-26(35)31-28(37)33(27(21)36)24-12-5-3-10-22(24)29/h2-15H,16H2,1H3,(H,30,34)(H,31,35,37)/b21-14+. The van der Waals surface area contributed by atoms with E-state index in [0.29, 0.717) is 22.0 Å². The lowest BCUT2D eigenvalue weighted by molar-refractivity contribution is -0.122. The predicted octanol–water partition coefficient (Wildman–Crippen LogP) is 5.07. The molecule has 1 aromatic heterocycles. The minimum atomic E-state index is -0.604. The van der Waals surface area contributed by atoms with Gasteiger partial charge in [0.2, 0.25) is 5.91 Å². The highest BCUT2D eigenvalue weighted by Gasteiger charge is 2.35. The maximum absolute atomic E-state index is 13.4. The van der Waals surface area contributed by atoms with Crippen LogP contribution in [0.2, 0.25) is 5.02 Å². The van der Waals surface area contributed by atoms with Gasteiger partial charge in [0.1, 0.15) is 12.1 Å². The average Bonchev–Trinajstić information content (AvgIpc) is 3.20. The molecule has 3 amide bonds. The third-order valence-corrected chi connectivity index (χ3v) is 6.53. The van der Waals surface area contributed by atoms with Gasteiger partial charge in [0.25, 0.3) is 11.8 Å². The Labute approximate surface area is 223 Å². The summed E-state index contributed by atoms with van der Waals surface area (Å²) < 4.78 is 1.79. The molecule has 2 N–H and O–H groups in total. The first-order chi connectivity index (χ1) is 17.8. The molecule has 0 spiro atoms. The lowest BCUT2D eigenvalue weighted by Crippen LogP contribution is -2.54. The normalized spacial score (nSPS) is 14.8. The molecule has 0 atom stereocenters. The molecule has 3 aromatic carbocycles. The van der Waals surface area contributed by atoms with Crippen molar-refractivity contribution >= 4 is 75.0 Å². The van der Waals surface area contributed by atoms with E-state index in [1.807, 2.05) is 55.5 Å². The van der Waals surface area contributed by atoms with Gasteiger partial charge in [-0.05, 0) is 61.1 Å². The van der Waals surface area contributed by atoms with Gasteiger partial charge >= 0.3 is 0 Å². The number of carbonyl (C=O) groups is 3. The number of rotatable bonds is 5. The lowest BCUT2D eigenvalue weighted by Gasteiger charge is -2.29. The summed E-state index contributed by atoms with van der Waals surface area (Å²) in [7, 11) is 0. The Hall–Kier alpha value is -4.27. The summed E-state index contributed by atoms with van der Waals surface area (Å²) in [6, 6.07) is 21.8. The molecule has 1 saturated heterocycles. The summed E-state index contributed by atoms with van der Waals surface area (Å²) >= 11 is 11.6. The summed E-state index contributed by atoms with van der Waals surface area (Å²) in [5.74, 6) is -1.39. The number of aromatic nitrogens is 1. The highest BCUT2D eigenvalue weighted by molar-refractivity contribution is 7.80. The minimum absolute atomic E-state index is 0.0458. The van der Waals surface area contributed by atoms with E-state index >= 15 is 0 Å². The summed E-state index contributed by atoms with van der Waals surface area (Å²) in [5.41, 5.74) is 3.43. The molecule has 0 radical (unpaired) electrons. The van der Waals surface area contributed by atoms with Crippen LogP contribution >= 0.6 is 23.8 Å². The Morgan fingerprint density at radius 2 is 1.81 bits per heavy atom. The van der Waals surface area contributed by atoms with Crippen LogP contribution in [0.1, 0.15) is 11.1 Å². The van der Waals surface area contributed by atoms with Crippen LogP contribution in [0.4, 0.5) is 11.4 Å². The Balaban J connectivity index is 1.49. The van der Waals surface area contributed by atoms with Crippen LogP contribution in [0.25, 0.3) is 17.0 Å². The first kappa shape index (κ1) is 24.4. The number of amides is 3. The number of carbonyl (C=O) groups excluding carboxylic acids is 3. The Kier molecular flexibility index (Phi) is 6.60. The fraction of sp³-hybridized carbons (Fsp3) is 0.0714. The van der Waals surface area contributed by atoms with Crippen molar-refractivity contribution in [3.63, 3.8) is 0 Å². The molecule has 1 aliphatic rings. The van der Waals surface area contributed by atoms with E-state index in [1.165, 1.54) is 11.0 Å². The third kappa shape index (κ3) is 4.89. The van der Waals surface area contributed by atoms with E-state index in [4.69, 9.17) is 23.8 Å². The van der Waals surface area contributed by atoms with E-state index in [1.54, 1.807) is 35.0 Å². The van der Waals surface area contributed by atoms with Crippen LogP contribution < -0.4 is 15.5 Å². The van der Waals surface area contributed by atoms with Gasteiger partial charge in [0.05, 0.1) is 10.7 Å². The topological polar surface area (TPSA) is 83.4 Å². The molecular formula is C28H21ClN4O3S. The van der Waals surface area contributed by atoms with Crippen molar-refractivity contribution in [3.8, 4) is 0 Å². The molecule has 0 bridgehead atoms. The number of anilines is 2. The number of thiocarbonyl (C=S) groups is 1. The van der Waals surface area contributed by atoms with Gasteiger partial charge in [0.15, 0.2) is 5.11 Å². The molecule has 4 aromatic rings. The van der Waals surface area contributed by atoms with Gasteiger partial charge in [-0.25, -0.2) is 0 Å². The molecule has 9 heteroatoms. The smallest absolute Gasteiger partial charge is 0.270 e. The van der Waals surface area contributed by atoms with Crippen molar-refractivity contribution in [2.45, 2.75) is 13.5 Å². The summed E-state index contributed by atoms with van der Waals surface area (Å²) in [6.07, 6.45) is 3.27. The molecule has 184 valence electrons. The highest BCUT2D eigenvalue weighted by Crippen LogP contribution is 2.30. The quantitative estimate of drug-likeness (QED) is 0.215.